The fraction of sp³-hybridized carbons (Fsp3) is 0.462. The Morgan fingerprint density at radius 2 is 1.81 bits per heavy atom. The van der Waals surface area contributed by atoms with Crippen LogP contribution < -0.4 is 0 Å². The first kappa shape index (κ1) is 12.7. The summed E-state index contributed by atoms with van der Waals surface area (Å²) in [4.78, 5) is 11.3. The molecule has 3 heteroatoms. The van der Waals surface area contributed by atoms with Gasteiger partial charge in [-0.05, 0) is 26.3 Å². The molecule has 1 unspecified atom stereocenters. The van der Waals surface area contributed by atoms with Crippen molar-refractivity contribution in [3.8, 4) is 0 Å². The zero-order valence-corrected chi connectivity index (χ0v) is 10.2. The number of esters is 1. The summed E-state index contributed by atoms with van der Waals surface area (Å²) in [6.07, 6.45) is 0.266. The minimum Gasteiger partial charge on any atom is -0.467 e. The Balaban J connectivity index is 2.91. The second-order valence-corrected chi connectivity index (χ2v) is 4.44. The highest BCUT2D eigenvalue weighted by Crippen LogP contribution is 2.17. The van der Waals surface area contributed by atoms with Gasteiger partial charge in [0.2, 0.25) is 0 Å². The summed E-state index contributed by atoms with van der Waals surface area (Å²) in [6, 6.07) is 5.98. The van der Waals surface area contributed by atoms with Crippen molar-refractivity contribution in [3.63, 3.8) is 0 Å². The largest absolute Gasteiger partial charge is 0.467 e. The smallest absolute Gasteiger partial charge is 0.337 e. The summed E-state index contributed by atoms with van der Waals surface area (Å²) in [5.41, 5.74) is 1.72. The van der Waals surface area contributed by atoms with Crippen molar-refractivity contribution in [3.05, 3.63) is 34.9 Å². The second kappa shape index (κ2) is 4.66. The van der Waals surface area contributed by atoms with Crippen LogP contribution in [-0.4, -0.2) is 23.8 Å². The van der Waals surface area contributed by atoms with E-state index in [0.29, 0.717) is 0 Å². The maximum atomic E-state index is 11.3. The van der Waals surface area contributed by atoms with E-state index in [1.807, 2.05) is 26.0 Å². The maximum absolute atomic E-state index is 11.3. The molecule has 0 aliphatic heterocycles. The lowest BCUT2D eigenvalue weighted by molar-refractivity contribution is -0.160. The van der Waals surface area contributed by atoms with Gasteiger partial charge in [-0.3, -0.25) is 0 Å². The second-order valence-electron chi connectivity index (χ2n) is 4.44. The van der Waals surface area contributed by atoms with Crippen LogP contribution in [0.3, 0.4) is 0 Å². The standard InChI is InChI=1S/C13H18O3/c1-9-5-10(2)7-11(6-9)8-13(3,15)12(14)16-4/h5-7,15H,8H2,1-4H3. The first-order valence-corrected chi connectivity index (χ1v) is 5.23. The number of methoxy groups -OCH3 is 1. The predicted octanol–water partition coefficient (Wildman–Crippen LogP) is 1.77. The molecule has 1 aromatic rings. The minimum absolute atomic E-state index is 0.266. The molecule has 0 saturated carbocycles. The van der Waals surface area contributed by atoms with Gasteiger partial charge in [-0.15, -0.1) is 0 Å². The molecule has 0 amide bonds. The van der Waals surface area contributed by atoms with E-state index in [4.69, 9.17) is 0 Å². The number of carbonyl (C=O) groups excluding carboxylic acids is 1. The van der Waals surface area contributed by atoms with Crippen LogP contribution in [0.5, 0.6) is 0 Å². The molecule has 1 N–H and O–H groups in total. The van der Waals surface area contributed by atoms with Gasteiger partial charge in [0, 0.05) is 6.42 Å². The van der Waals surface area contributed by atoms with Crippen LogP contribution in [0, 0.1) is 13.8 Å². The third-order valence-corrected chi connectivity index (χ3v) is 2.45. The molecule has 0 aliphatic rings. The number of hydrogen-bond donors (Lipinski definition) is 1. The van der Waals surface area contributed by atoms with Crippen LogP contribution in [-0.2, 0) is 16.0 Å². The van der Waals surface area contributed by atoms with Gasteiger partial charge in [0.05, 0.1) is 7.11 Å². The number of ether oxygens (including phenoxy) is 1. The summed E-state index contributed by atoms with van der Waals surface area (Å²) < 4.78 is 4.56. The van der Waals surface area contributed by atoms with E-state index in [9.17, 15) is 9.90 Å². The lowest BCUT2D eigenvalue weighted by atomic mass is 9.94. The molecular weight excluding hydrogens is 204 g/mol. The predicted molar refractivity (Wildman–Crippen MR) is 62.3 cm³/mol. The van der Waals surface area contributed by atoms with Crippen LogP contribution in [0.4, 0.5) is 0 Å². The van der Waals surface area contributed by atoms with Crippen LogP contribution >= 0.6 is 0 Å². The number of aliphatic hydroxyl groups is 1. The minimum atomic E-state index is -1.46. The molecule has 0 saturated heterocycles. The normalized spacial score (nSPS) is 14.3. The molecule has 16 heavy (non-hydrogen) atoms. The van der Waals surface area contributed by atoms with E-state index in [2.05, 4.69) is 10.8 Å². The lowest BCUT2D eigenvalue weighted by Gasteiger charge is -2.20. The Morgan fingerprint density at radius 3 is 2.25 bits per heavy atom. The van der Waals surface area contributed by atoms with Crippen molar-refractivity contribution in [1.82, 2.24) is 0 Å². The third kappa shape index (κ3) is 3.07. The van der Waals surface area contributed by atoms with Gasteiger partial charge in [-0.1, -0.05) is 29.3 Å². The van der Waals surface area contributed by atoms with Crippen molar-refractivity contribution in [2.45, 2.75) is 32.8 Å². The Bertz CT molecular complexity index is 374. The molecular formula is C13H18O3. The van der Waals surface area contributed by atoms with Crippen molar-refractivity contribution in [2.24, 2.45) is 0 Å². The van der Waals surface area contributed by atoms with Gasteiger partial charge in [0.15, 0.2) is 5.60 Å². The topological polar surface area (TPSA) is 46.5 Å². The van der Waals surface area contributed by atoms with Crippen LogP contribution in [0.1, 0.15) is 23.6 Å². The van der Waals surface area contributed by atoms with Crippen molar-refractivity contribution < 1.29 is 14.6 Å². The summed E-state index contributed by atoms with van der Waals surface area (Å²) >= 11 is 0. The fourth-order valence-electron chi connectivity index (χ4n) is 1.86. The maximum Gasteiger partial charge on any atom is 0.337 e. The summed E-state index contributed by atoms with van der Waals surface area (Å²) in [5.74, 6) is -0.605. The summed E-state index contributed by atoms with van der Waals surface area (Å²) in [6.45, 7) is 5.45. The van der Waals surface area contributed by atoms with Gasteiger partial charge >= 0.3 is 5.97 Å². The lowest BCUT2D eigenvalue weighted by Crippen LogP contribution is -2.38. The molecule has 0 aromatic heterocycles. The third-order valence-electron chi connectivity index (χ3n) is 2.45. The van der Waals surface area contributed by atoms with E-state index in [1.54, 1.807) is 0 Å². The Morgan fingerprint density at radius 1 is 1.31 bits per heavy atom. The van der Waals surface area contributed by atoms with E-state index in [-0.39, 0.29) is 6.42 Å². The van der Waals surface area contributed by atoms with Crippen LogP contribution in [0.2, 0.25) is 0 Å². The van der Waals surface area contributed by atoms with Crippen molar-refractivity contribution >= 4 is 5.97 Å². The zero-order chi connectivity index (χ0) is 12.3. The molecule has 88 valence electrons. The summed E-state index contributed by atoms with van der Waals surface area (Å²) in [5, 5.41) is 9.94. The molecule has 1 rings (SSSR count). The highest BCUT2D eigenvalue weighted by Gasteiger charge is 2.31. The highest BCUT2D eigenvalue weighted by atomic mass is 16.5. The number of rotatable bonds is 3. The van der Waals surface area contributed by atoms with E-state index < -0.39 is 11.6 Å². The highest BCUT2D eigenvalue weighted by molar-refractivity contribution is 5.79. The zero-order valence-electron chi connectivity index (χ0n) is 10.2. The average molecular weight is 222 g/mol. The van der Waals surface area contributed by atoms with Gasteiger partial charge in [-0.2, -0.15) is 0 Å². The van der Waals surface area contributed by atoms with Crippen molar-refractivity contribution in [2.75, 3.05) is 7.11 Å². The number of hydrogen-bond acceptors (Lipinski definition) is 3. The first-order valence-electron chi connectivity index (χ1n) is 5.23. The fourth-order valence-corrected chi connectivity index (χ4v) is 1.86. The molecule has 0 aliphatic carbocycles. The summed E-state index contributed by atoms with van der Waals surface area (Å²) in [7, 11) is 1.28. The van der Waals surface area contributed by atoms with E-state index in [1.165, 1.54) is 14.0 Å². The van der Waals surface area contributed by atoms with Gasteiger partial charge in [-0.25, -0.2) is 4.79 Å². The Kier molecular flexibility index (Phi) is 3.70. The number of aryl methyl sites for hydroxylation is 2. The monoisotopic (exact) mass is 222 g/mol. The van der Waals surface area contributed by atoms with Gasteiger partial charge in [0.1, 0.15) is 0 Å². The number of carbonyl (C=O) groups is 1. The first-order chi connectivity index (χ1) is 7.35. The average Bonchev–Trinajstić information content (AvgIpc) is 2.13. The molecule has 3 nitrogen and oxygen atoms in total. The Labute approximate surface area is 96.1 Å². The quantitative estimate of drug-likeness (QED) is 0.793. The van der Waals surface area contributed by atoms with Gasteiger partial charge in [0.25, 0.3) is 0 Å². The van der Waals surface area contributed by atoms with Crippen LogP contribution in [0.15, 0.2) is 18.2 Å². The molecule has 1 atom stereocenters. The Hall–Kier alpha value is -1.35. The molecule has 0 spiro atoms. The van der Waals surface area contributed by atoms with E-state index >= 15 is 0 Å². The SMILES string of the molecule is COC(=O)C(C)(O)Cc1cc(C)cc(C)c1. The molecule has 0 radical (unpaired) electrons. The van der Waals surface area contributed by atoms with E-state index in [0.717, 1.165) is 16.7 Å². The van der Waals surface area contributed by atoms with Gasteiger partial charge < -0.3 is 9.84 Å². The molecule has 0 bridgehead atoms. The number of benzene rings is 1. The van der Waals surface area contributed by atoms with Crippen LogP contribution in [0.25, 0.3) is 0 Å². The van der Waals surface area contributed by atoms with Crippen molar-refractivity contribution in [1.29, 1.82) is 0 Å². The molecule has 0 fully saturated rings. The molecule has 1 aromatic carbocycles. The molecule has 0 heterocycles.